The molecule has 0 spiro atoms. The van der Waals surface area contributed by atoms with Gasteiger partial charge >= 0.3 is 0 Å². The summed E-state index contributed by atoms with van der Waals surface area (Å²) in [5.74, 6) is 2.69. The first kappa shape index (κ1) is 24.4. The Bertz CT molecular complexity index is 558. The second kappa shape index (κ2) is 14.2. The molecular weight excluding hydrogens is 483 g/mol. The molecule has 0 aliphatic carbocycles. The highest BCUT2D eigenvalue weighted by Crippen LogP contribution is 2.15. The Morgan fingerprint density at radius 2 is 1.97 bits per heavy atom. The minimum absolute atomic E-state index is 0. The summed E-state index contributed by atoms with van der Waals surface area (Å²) < 4.78 is 16.4. The maximum atomic E-state index is 5.50. The highest BCUT2D eigenvalue weighted by atomic mass is 127. The van der Waals surface area contributed by atoms with Gasteiger partial charge in [0.2, 0.25) is 0 Å². The minimum atomic E-state index is 0. The van der Waals surface area contributed by atoms with Crippen LogP contribution in [0.4, 0.5) is 0 Å². The van der Waals surface area contributed by atoms with Gasteiger partial charge in [-0.05, 0) is 37.3 Å². The third-order valence-electron chi connectivity index (χ3n) is 5.47. The first-order valence-electron chi connectivity index (χ1n) is 10.7. The lowest BCUT2D eigenvalue weighted by molar-refractivity contribution is 0.0377. The van der Waals surface area contributed by atoms with Crippen molar-refractivity contribution < 1.29 is 13.9 Å². The molecule has 0 amide bonds. The Balaban J connectivity index is 0.00000300. The molecule has 1 aromatic heterocycles. The number of rotatable bonds is 9. The van der Waals surface area contributed by atoms with Gasteiger partial charge in [-0.15, -0.1) is 24.0 Å². The Labute approximate surface area is 192 Å². The number of nitrogens with zero attached hydrogens (tertiary/aromatic N) is 3. The second-order valence-corrected chi connectivity index (χ2v) is 7.71. The number of morpholine rings is 1. The molecular formula is C21H37IN4O3. The fourth-order valence-electron chi connectivity index (χ4n) is 3.77. The molecule has 0 saturated carbocycles. The van der Waals surface area contributed by atoms with Gasteiger partial charge in [-0.25, -0.2) is 0 Å². The first-order chi connectivity index (χ1) is 13.8. The van der Waals surface area contributed by atoms with Crippen LogP contribution in [0.15, 0.2) is 27.8 Å². The molecule has 1 N–H and O–H groups in total. The highest BCUT2D eigenvalue weighted by Gasteiger charge is 2.18. The lowest BCUT2D eigenvalue weighted by atomic mass is 10.00. The molecule has 3 rings (SSSR count). The van der Waals surface area contributed by atoms with Gasteiger partial charge in [-0.1, -0.05) is 0 Å². The minimum Gasteiger partial charge on any atom is -0.469 e. The van der Waals surface area contributed by atoms with Crippen LogP contribution < -0.4 is 5.32 Å². The lowest BCUT2D eigenvalue weighted by Crippen LogP contribution is -2.43. The molecule has 29 heavy (non-hydrogen) atoms. The number of ether oxygens (including phenoxy) is 2. The fourth-order valence-corrected chi connectivity index (χ4v) is 3.77. The Morgan fingerprint density at radius 3 is 2.69 bits per heavy atom. The summed E-state index contributed by atoms with van der Waals surface area (Å²) in [6, 6.07) is 3.96. The quantitative estimate of drug-likeness (QED) is 0.234. The van der Waals surface area contributed by atoms with E-state index in [1.807, 2.05) is 12.1 Å². The fraction of sp³-hybridized carbons (Fsp3) is 0.762. The molecule has 7 nitrogen and oxygen atoms in total. The van der Waals surface area contributed by atoms with Crippen molar-refractivity contribution in [2.45, 2.75) is 25.7 Å². The Hall–Kier alpha value is -0.840. The van der Waals surface area contributed by atoms with E-state index in [0.717, 1.165) is 103 Å². The third-order valence-corrected chi connectivity index (χ3v) is 5.47. The summed E-state index contributed by atoms with van der Waals surface area (Å²) in [6.07, 6.45) is 5.95. The maximum Gasteiger partial charge on any atom is 0.193 e. The van der Waals surface area contributed by atoms with Crippen LogP contribution in [-0.4, -0.2) is 88.5 Å². The summed E-state index contributed by atoms with van der Waals surface area (Å²) in [6.45, 7) is 9.37. The first-order valence-corrected chi connectivity index (χ1v) is 10.7. The third kappa shape index (κ3) is 9.23. The summed E-state index contributed by atoms with van der Waals surface area (Å²) in [7, 11) is 2.15. The van der Waals surface area contributed by atoms with Crippen molar-refractivity contribution in [3.8, 4) is 0 Å². The summed E-state index contributed by atoms with van der Waals surface area (Å²) in [5.41, 5.74) is 0. The number of halogens is 1. The van der Waals surface area contributed by atoms with Gasteiger partial charge in [0, 0.05) is 66.0 Å². The summed E-state index contributed by atoms with van der Waals surface area (Å²) >= 11 is 0. The van der Waals surface area contributed by atoms with Crippen LogP contribution in [0.3, 0.4) is 0 Å². The van der Waals surface area contributed by atoms with Crippen LogP contribution in [0, 0.1) is 5.92 Å². The molecule has 2 saturated heterocycles. The van der Waals surface area contributed by atoms with Crippen molar-refractivity contribution in [1.82, 2.24) is 15.1 Å². The van der Waals surface area contributed by atoms with E-state index in [4.69, 9.17) is 18.9 Å². The maximum absolute atomic E-state index is 5.50. The molecule has 0 aromatic carbocycles. The van der Waals surface area contributed by atoms with E-state index >= 15 is 0 Å². The van der Waals surface area contributed by atoms with E-state index in [9.17, 15) is 0 Å². The van der Waals surface area contributed by atoms with Gasteiger partial charge < -0.3 is 24.1 Å². The van der Waals surface area contributed by atoms with E-state index < -0.39 is 0 Å². The standard InChI is InChI=1S/C21H36N4O3.HI/c1-24(18-19-6-14-26-15-7-19)21(23-9-5-20-4-2-13-28-20)22-8-3-10-25-11-16-27-17-12-25;/h2,4,13,19H,3,5-12,14-18H2,1H3,(H,22,23);1H. The molecule has 0 atom stereocenters. The van der Waals surface area contributed by atoms with Crippen LogP contribution in [0.1, 0.15) is 25.0 Å². The van der Waals surface area contributed by atoms with Gasteiger partial charge in [0.05, 0.1) is 19.5 Å². The van der Waals surface area contributed by atoms with Crippen molar-refractivity contribution in [3.63, 3.8) is 0 Å². The molecule has 0 unspecified atom stereocenters. The van der Waals surface area contributed by atoms with E-state index in [0.29, 0.717) is 5.92 Å². The molecule has 0 bridgehead atoms. The largest absolute Gasteiger partial charge is 0.469 e. The molecule has 0 radical (unpaired) electrons. The van der Waals surface area contributed by atoms with Crippen molar-refractivity contribution in [1.29, 1.82) is 0 Å². The molecule has 1 aromatic rings. The normalized spacial score (nSPS) is 19.0. The highest BCUT2D eigenvalue weighted by molar-refractivity contribution is 14.0. The Kier molecular flexibility index (Phi) is 12.0. The van der Waals surface area contributed by atoms with Crippen molar-refractivity contribution in [3.05, 3.63) is 24.2 Å². The van der Waals surface area contributed by atoms with Crippen LogP contribution in [-0.2, 0) is 15.9 Å². The van der Waals surface area contributed by atoms with Crippen molar-refractivity contribution >= 4 is 29.9 Å². The molecule has 166 valence electrons. The van der Waals surface area contributed by atoms with E-state index in [-0.39, 0.29) is 24.0 Å². The lowest BCUT2D eigenvalue weighted by Gasteiger charge is -2.29. The zero-order chi connectivity index (χ0) is 19.4. The number of hydrogen-bond acceptors (Lipinski definition) is 5. The van der Waals surface area contributed by atoms with E-state index in [2.05, 4.69) is 22.2 Å². The number of nitrogens with one attached hydrogen (secondary N) is 1. The van der Waals surface area contributed by atoms with Gasteiger partial charge in [0.25, 0.3) is 0 Å². The van der Waals surface area contributed by atoms with Crippen LogP contribution in [0.25, 0.3) is 0 Å². The van der Waals surface area contributed by atoms with Crippen LogP contribution in [0.5, 0.6) is 0 Å². The predicted molar refractivity (Wildman–Crippen MR) is 126 cm³/mol. The van der Waals surface area contributed by atoms with Crippen molar-refractivity contribution in [2.75, 3.05) is 72.7 Å². The topological polar surface area (TPSA) is 62.5 Å². The van der Waals surface area contributed by atoms with Gasteiger partial charge in [-0.2, -0.15) is 0 Å². The average Bonchev–Trinajstić information content (AvgIpc) is 3.25. The van der Waals surface area contributed by atoms with E-state index in [1.54, 1.807) is 6.26 Å². The number of guanidine groups is 1. The van der Waals surface area contributed by atoms with Gasteiger partial charge in [0.1, 0.15) is 5.76 Å². The molecule has 3 heterocycles. The molecule has 8 heteroatoms. The smallest absolute Gasteiger partial charge is 0.193 e. The second-order valence-electron chi connectivity index (χ2n) is 7.71. The van der Waals surface area contributed by atoms with Crippen molar-refractivity contribution in [2.24, 2.45) is 10.9 Å². The van der Waals surface area contributed by atoms with Gasteiger partial charge in [0.15, 0.2) is 5.96 Å². The molecule has 2 fully saturated rings. The zero-order valence-corrected chi connectivity index (χ0v) is 20.0. The van der Waals surface area contributed by atoms with E-state index in [1.165, 1.54) is 0 Å². The molecule has 2 aliphatic rings. The number of hydrogen-bond donors (Lipinski definition) is 1. The SMILES string of the molecule is CN(CC1CCOCC1)C(=NCCCN1CCOCC1)NCCc1ccco1.I. The van der Waals surface area contributed by atoms with Gasteiger partial charge in [-0.3, -0.25) is 9.89 Å². The van der Waals surface area contributed by atoms with Crippen LogP contribution >= 0.6 is 24.0 Å². The number of furan rings is 1. The predicted octanol–water partition coefficient (Wildman–Crippen LogP) is 2.47. The summed E-state index contributed by atoms with van der Waals surface area (Å²) in [4.78, 5) is 9.66. The summed E-state index contributed by atoms with van der Waals surface area (Å²) in [5, 5.41) is 3.54. The average molecular weight is 520 g/mol. The monoisotopic (exact) mass is 520 g/mol. The zero-order valence-electron chi connectivity index (χ0n) is 17.7. The van der Waals surface area contributed by atoms with Crippen LogP contribution in [0.2, 0.25) is 0 Å². The Morgan fingerprint density at radius 1 is 1.21 bits per heavy atom. The molecule has 2 aliphatic heterocycles. The number of aliphatic imine (C=N–C) groups is 1.